The number of nitrogens with zero attached hydrogens (tertiary/aromatic N) is 2. The van der Waals surface area contributed by atoms with Gasteiger partial charge in [-0.05, 0) is 68.0 Å². The van der Waals surface area contributed by atoms with Crippen molar-refractivity contribution in [1.82, 2.24) is 0 Å². The molecule has 3 fully saturated rings. The Labute approximate surface area is 250 Å². The van der Waals surface area contributed by atoms with E-state index in [1.807, 2.05) is 0 Å². The van der Waals surface area contributed by atoms with E-state index < -0.39 is 63.0 Å². The summed E-state index contributed by atoms with van der Waals surface area (Å²) in [4.78, 5) is 73.0. The highest BCUT2D eigenvalue weighted by atomic mass is 79.9. The van der Waals surface area contributed by atoms with Crippen LogP contribution in [0, 0.1) is 29.1 Å². The molecule has 2 aromatic rings. The van der Waals surface area contributed by atoms with Crippen molar-refractivity contribution in [3.8, 4) is 11.5 Å². The van der Waals surface area contributed by atoms with E-state index in [2.05, 4.69) is 15.9 Å². The van der Waals surface area contributed by atoms with Crippen LogP contribution in [0.25, 0.3) is 0 Å². The predicted molar refractivity (Wildman–Crippen MR) is 154 cm³/mol. The summed E-state index contributed by atoms with van der Waals surface area (Å²) in [7, 11) is 3.02. The number of hydrogen-bond donors (Lipinski definition) is 0. The largest absolute Gasteiger partial charge is 0.497 e. The minimum atomic E-state index is -1.51. The molecule has 218 valence electrons. The highest BCUT2D eigenvalue weighted by Crippen LogP contribution is 2.72. The van der Waals surface area contributed by atoms with Crippen molar-refractivity contribution >= 4 is 56.9 Å². The second-order valence-electron chi connectivity index (χ2n) is 11.1. The number of alkyl halides is 1. The molecule has 5 aliphatic rings. The molecule has 6 atom stereocenters. The Hall–Kier alpha value is -3.99. The third-order valence-corrected chi connectivity index (χ3v) is 11.0. The summed E-state index contributed by atoms with van der Waals surface area (Å²) in [6, 6.07) is 13.0. The Bertz CT molecular complexity index is 1490. The van der Waals surface area contributed by atoms with Gasteiger partial charge in [0.2, 0.25) is 23.6 Å². The molecule has 2 aliphatic heterocycles. The van der Waals surface area contributed by atoms with Crippen LogP contribution >= 0.6 is 15.9 Å². The molecular formula is C31H29BrN2O8. The van der Waals surface area contributed by atoms with E-state index in [1.165, 1.54) is 14.2 Å². The van der Waals surface area contributed by atoms with Crippen molar-refractivity contribution in [3.63, 3.8) is 0 Å². The number of methoxy groups -OCH3 is 2. The van der Waals surface area contributed by atoms with E-state index in [-0.39, 0.29) is 12.2 Å². The molecule has 0 N–H and O–H groups in total. The van der Waals surface area contributed by atoms with Crippen LogP contribution in [-0.2, 0) is 28.7 Å². The normalized spacial score (nSPS) is 31.5. The first-order valence-electron chi connectivity index (χ1n) is 13.6. The third-order valence-electron chi connectivity index (χ3n) is 9.44. The maximum Gasteiger partial charge on any atom is 0.334 e. The van der Waals surface area contributed by atoms with Gasteiger partial charge in [0.05, 0.1) is 60.2 Å². The molecule has 2 saturated heterocycles. The number of allylic oxidation sites excluding steroid dienone is 1. The van der Waals surface area contributed by atoms with Crippen LogP contribution in [0.1, 0.15) is 20.8 Å². The number of ether oxygens (including phenoxy) is 3. The smallest absolute Gasteiger partial charge is 0.334 e. The zero-order valence-corrected chi connectivity index (χ0v) is 25.3. The number of halogens is 1. The lowest BCUT2D eigenvalue weighted by molar-refractivity contribution is -0.152. The second kappa shape index (κ2) is 9.52. The zero-order valence-electron chi connectivity index (χ0n) is 23.7. The summed E-state index contributed by atoms with van der Waals surface area (Å²) in [6.07, 6.45) is 0. The molecule has 3 aliphatic carbocycles. The Morgan fingerprint density at radius 3 is 1.50 bits per heavy atom. The summed E-state index contributed by atoms with van der Waals surface area (Å²) in [6.45, 7) is 5.05. The summed E-state index contributed by atoms with van der Waals surface area (Å²) in [5, 5.41) is 0. The van der Waals surface area contributed by atoms with Crippen molar-refractivity contribution < 1.29 is 38.2 Å². The number of carbonyl (C=O) groups is 5. The average Bonchev–Trinajstić information content (AvgIpc) is 3.42. The molecule has 2 bridgehead atoms. The van der Waals surface area contributed by atoms with Gasteiger partial charge in [-0.25, -0.2) is 14.6 Å². The number of benzene rings is 2. The van der Waals surface area contributed by atoms with Gasteiger partial charge in [-0.2, -0.15) is 0 Å². The van der Waals surface area contributed by atoms with Gasteiger partial charge < -0.3 is 14.2 Å². The van der Waals surface area contributed by atoms with E-state index in [0.717, 1.165) is 9.80 Å². The first kappa shape index (κ1) is 28.1. The minimum Gasteiger partial charge on any atom is -0.497 e. The maximum absolute atomic E-state index is 14.3. The fourth-order valence-corrected chi connectivity index (χ4v) is 8.82. The molecule has 2 aromatic carbocycles. The van der Waals surface area contributed by atoms with Crippen LogP contribution in [0.3, 0.4) is 0 Å². The number of rotatable bonds is 6. The first-order valence-corrected chi connectivity index (χ1v) is 14.4. The van der Waals surface area contributed by atoms with Crippen molar-refractivity contribution in [3.05, 3.63) is 59.7 Å². The lowest BCUT2D eigenvalue weighted by Gasteiger charge is -2.59. The predicted octanol–water partition coefficient (Wildman–Crippen LogP) is 3.66. The van der Waals surface area contributed by atoms with Crippen molar-refractivity contribution in [2.45, 2.75) is 25.1 Å². The number of amides is 4. The number of hydrogen-bond acceptors (Lipinski definition) is 8. The molecule has 4 amide bonds. The summed E-state index contributed by atoms with van der Waals surface area (Å²) >= 11 is 3.77. The Morgan fingerprint density at radius 1 is 0.762 bits per heavy atom. The molecule has 0 radical (unpaired) electrons. The summed E-state index contributed by atoms with van der Waals surface area (Å²) in [5.74, 6) is -6.01. The Morgan fingerprint density at radius 2 is 1.14 bits per heavy atom. The van der Waals surface area contributed by atoms with Gasteiger partial charge >= 0.3 is 5.97 Å². The molecule has 0 aromatic heterocycles. The number of anilines is 2. The molecule has 0 spiro atoms. The van der Waals surface area contributed by atoms with E-state index >= 15 is 0 Å². The molecule has 2 heterocycles. The average molecular weight is 637 g/mol. The lowest BCUT2D eigenvalue weighted by atomic mass is 9.43. The molecular weight excluding hydrogens is 608 g/mol. The van der Waals surface area contributed by atoms with Crippen LogP contribution in [0.2, 0.25) is 0 Å². The monoisotopic (exact) mass is 636 g/mol. The van der Waals surface area contributed by atoms with Crippen LogP contribution in [0.15, 0.2) is 59.7 Å². The van der Waals surface area contributed by atoms with Gasteiger partial charge in [0.1, 0.15) is 11.5 Å². The Kier molecular flexibility index (Phi) is 6.38. The van der Waals surface area contributed by atoms with E-state index in [0.29, 0.717) is 28.4 Å². The van der Waals surface area contributed by atoms with Crippen molar-refractivity contribution in [2.24, 2.45) is 29.1 Å². The fourth-order valence-electron chi connectivity index (χ4n) is 7.70. The van der Waals surface area contributed by atoms with E-state index in [1.54, 1.807) is 69.3 Å². The molecule has 7 rings (SSSR count). The number of esters is 1. The van der Waals surface area contributed by atoms with Gasteiger partial charge in [-0.3, -0.25) is 19.2 Å². The molecule has 10 nitrogen and oxygen atoms in total. The molecule has 1 saturated carbocycles. The number of imide groups is 2. The number of carbonyl (C=O) groups excluding carboxylic acids is 5. The SMILES string of the molecule is CCOC(=O)C1=C(C)C2(Br)[C@@H]3C(=O)N(c4ccc(OC)cc4)C(=O)[C@H]3C1(C)[C@H]1C(=O)N(c3ccc(OC)cc3)C(=O)[C@H]12. The highest BCUT2D eigenvalue weighted by molar-refractivity contribution is 9.10. The third kappa shape index (κ3) is 3.34. The Balaban J connectivity index is 1.55. The molecule has 42 heavy (non-hydrogen) atoms. The van der Waals surface area contributed by atoms with Crippen LogP contribution in [-0.4, -0.2) is 54.7 Å². The minimum absolute atomic E-state index is 0.0683. The van der Waals surface area contributed by atoms with Gasteiger partial charge in [0.15, 0.2) is 0 Å². The zero-order chi connectivity index (χ0) is 30.3. The van der Waals surface area contributed by atoms with E-state index in [9.17, 15) is 24.0 Å². The van der Waals surface area contributed by atoms with Crippen LogP contribution in [0.4, 0.5) is 11.4 Å². The van der Waals surface area contributed by atoms with Crippen LogP contribution in [0.5, 0.6) is 11.5 Å². The first-order chi connectivity index (χ1) is 20.0. The second-order valence-corrected chi connectivity index (χ2v) is 12.4. The van der Waals surface area contributed by atoms with E-state index in [4.69, 9.17) is 14.2 Å². The quantitative estimate of drug-likeness (QED) is 0.268. The summed E-state index contributed by atoms with van der Waals surface area (Å²) in [5.41, 5.74) is -0.279. The molecule has 11 heteroatoms. The maximum atomic E-state index is 14.3. The fraction of sp³-hybridized carbons (Fsp3) is 0.387. The highest BCUT2D eigenvalue weighted by Gasteiger charge is 2.81. The van der Waals surface area contributed by atoms with Gasteiger partial charge in [0.25, 0.3) is 0 Å². The lowest BCUT2D eigenvalue weighted by Crippen LogP contribution is -2.67. The van der Waals surface area contributed by atoms with Crippen molar-refractivity contribution in [2.75, 3.05) is 30.6 Å². The standard InChI is InChI=1S/C31H29BrN2O8/c1-6-42-29(39)20-15(2)31(32)23-21(25(35)33(27(23)37)16-7-11-18(40-4)12-8-16)30(20,3)22-24(31)28(38)34(26(22)36)17-9-13-19(41-5)14-10-17/h7-14,21-24H,6H2,1-5H3/t21-,22+,23-,24-,30?,31?/m0/s1. The van der Waals surface area contributed by atoms with Gasteiger partial charge in [0, 0.05) is 11.0 Å². The van der Waals surface area contributed by atoms with Gasteiger partial charge in [-0.15, -0.1) is 0 Å². The molecule has 2 unspecified atom stereocenters. The van der Waals surface area contributed by atoms with Crippen LogP contribution < -0.4 is 19.3 Å². The van der Waals surface area contributed by atoms with Crippen molar-refractivity contribution in [1.29, 1.82) is 0 Å². The summed E-state index contributed by atoms with van der Waals surface area (Å²) < 4.78 is 14.4. The topological polar surface area (TPSA) is 120 Å². The van der Waals surface area contributed by atoms with Gasteiger partial charge in [-0.1, -0.05) is 22.9 Å².